The number of aromatic nitrogens is 2. The average Bonchev–Trinajstić information content (AvgIpc) is 3.16. The minimum Gasteiger partial charge on any atom is -0.393 e. The third-order valence-corrected chi connectivity index (χ3v) is 4.07. The van der Waals surface area contributed by atoms with E-state index in [1.54, 1.807) is 0 Å². The number of hydrogen-bond acceptors (Lipinski definition) is 3. The number of carbonyl (C=O) groups is 2. The highest BCUT2D eigenvalue weighted by molar-refractivity contribution is 5.89. The molecule has 0 bridgehead atoms. The van der Waals surface area contributed by atoms with Gasteiger partial charge in [-0.15, -0.1) is 0 Å². The molecule has 5 nitrogen and oxygen atoms in total. The number of ether oxygens (including phenoxy) is 1. The van der Waals surface area contributed by atoms with Gasteiger partial charge in [-0.1, -0.05) is 36.4 Å². The zero-order valence-corrected chi connectivity index (χ0v) is 13.4. The normalized spacial score (nSPS) is 11.0. The predicted octanol–water partition coefficient (Wildman–Crippen LogP) is 3.50. The fraction of sp³-hybridized carbons (Fsp3) is 0.100. The number of H-pyrrole nitrogens is 2. The first-order chi connectivity index (χ1) is 12.2. The van der Waals surface area contributed by atoms with Crippen LogP contribution in [0.2, 0.25) is 0 Å². The van der Waals surface area contributed by atoms with Crippen LogP contribution in [0.1, 0.15) is 11.4 Å². The van der Waals surface area contributed by atoms with Crippen LogP contribution in [0.3, 0.4) is 0 Å². The van der Waals surface area contributed by atoms with Crippen molar-refractivity contribution in [3.63, 3.8) is 0 Å². The quantitative estimate of drug-likeness (QED) is 0.444. The van der Waals surface area contributed by atoms with E-state index in [4.69, 9.17) is 4.74 Å². The third-order valence-electron chi connectivity index (χ3n) is 4.07. The van der Waals surface area contributed by atoms with Gasteiger partial charge in [0, 0.05) is 22.4 Å². The summed E-state index contributed by atoms with van der Waals surface area (Å²) in [5.41, 5.74) is 3.36. The van der Waals surface area contributed by atoms with Gasteiger partial charge in [0.1, 0.15) is 0 Å². The van der Waals surface area contributed by atoms with Crippen molar-refractivity contribution < 1.29 is 14.3 Å². The molecule has 0 saturated carbocycles. The van der Waals surface area contributed by atoms with Crippen molar-refractivity contribution >= 4 is 33.7 Å². The lowest BCUT2D eigenvalue weighted by Gasteiger charge is -2.01. The van der Waals surface area contributed by atoms with E-state index < -0.39 is 11.9 Å². The van der Waals surface area contributed by atoms with E-state index >= 15 is 0 Å². The highest BCUT2D eigenvalue weighted by Gasteiger charge is 2.14. The Hall–Kier alpha value is -3.34. The second-order valence-corrected chi connectivity index (χ2v) is 5.96. The topological polar surface area (TPSA) is 75.0 Å². The minimum absolute atomic E-state index is 0.0348. The van der Waals surface area contributed by atoms with Crippen molar-refractivity contribution in [2.75, 3.05) is 0 Å². The maximum atomic E-state index is 12.0. The first-order valence-corrected chi connectivity index (χ1v) is 8.04. The lowest BCUT2D eigenvalue weighted by Crippen LogP contribution is -2.16. The molecule has 2 aromatic carbocycles. The first-order valence-electron chi connectivity index (χ1n) is 8.04. The molecule has 0 radical (unpaired) electrons. The Morgan fingerprint density at radius 3 is 1.60 bits per heavy atom. The summed E-state index contributed by atoms with van der Waals surface area (Å²) in [6, 6.07) is 19.3. The Labute approximate surface area is 143 Å². The van der Waals surface area contributed by atoms with E-state index in [2.05, 4.69) is 9.97 Å². The zero-order valence-electron chi connectivity index (χ0n) is 13.4. The van der Waals surface area contributed by atoms with Crippen LogP contribution in [-0.2, 0) is 27.2 Å². The van der Waals surface area contributed by atoms with Gasteiger partial charge in [0.05, 0.1) is 12.8 Å². The Balaban J connectivity index is 1.39. The van der Waals surface area contributed by atoms with Crippen LogP contribution in [0.4, 0.5) is 0 Å². The second kappa shape index (κ2) is 6.28. The van der Waals surface area contributed by atoms with Gasteiger partial charge in [0.2, 0.25) is 0 Å². The Kier molecular flexibility index (Phi) is 3.82. The molecule has 0 spiro atoms. The molecule has 25 heavy (non-hydrogen) atoms. The fourth-order valence-electron chi connectivity index (χ4n) is 2.97. The molecule has 4 rings (SSSR count). The highest BCUT2D eigenvalue weighted by Crippen LogP contribution is 2.16. The molecule has 5 heteroatoms. The van der Waals surface area contributed by atoms with E-state index in [1.807, 2.05) is 60.7 Å². The lowest BCUT2D eigenvalue weighted by molar-refractivity contribution is -0.158. The molecular formula is C20H16N2O3. The van der Waals surface area contributed by atoms with Crippen molar-refractivity contribution in [1.82, 2.24) is 9.97 Å². The summed E-state index contributed by atoms with van der Waals surface area (Å²) >= 11 is 0. The molecule has 2 N–H and O–H groups in total. The molecule has 2 heterocycles. The van der Waals surface area contributed by atoms with Crippen molar-refractivity contribution in [3.05, 3.63) is 72.1 Å². The van der Waals surface area contributed by atoms with Crippen LogP contribution in [-0.4, -0.2) is 21.9 Å². The van der Waals surface area contributed by atoms with Gasteiger partial charge in [-0.2, -0.15) is 0 Å². The lowest BCUT2D eigenvalue weighted by atomic mass is 10.2. The number of fused-ring (bicyclic) bond motifs is 2. The number of benzene rings is 2. The summed E-state index contributed by atoms with van der Waals surface area (Å²) < 4.78 is 4.93. The highest BCUT2D eigenvalue weighted by atomic mass is 16.6. The molecule has 0 amide bonds. The minimum atomic E-state index is -0.562. The molecule has 0 fully saturated rings. The zero-order chi connectivity index (χ0) is 17.2. The van der Waals surface area contributed by atoms with E-state index in [1.165, 1.54) is 0 Å². The first kappa shape index (κ1) is 15.2. The maximum Gasteiger partial charge on any atom is 0.319 e. The monoisotopic (exact) mass is 332 g/mol. The van der Waals surface area contributed by atoms with Crippen LogP contribution in [0.15, 0.2) is 60.7 Å². The third kappa shape index (κ3) is 3.30. The summed E-state index contributed by atoms with van der Waals surface area (Å²) in [5.74, 6) is -1.12. The van der Waals surface area contributed by atoms with Gasteiger partial charge in [0.25, 0.3) is 0 Å². The van der Waals surface area contributed by atoms with Crippen LogP contribution in [0, 0.1) is 0 Å². The molecule has 0 unspecified atom stereocenters. The largest absolute Gasteiger partial charge is 0.393 e. The second-order valence-electron chi connectivity index (χ2n) is 5.96. The number of nitrogens with one attached hydrogen (secondary N) is 2. The smallest absolute Gasteiger partial charge is 0.319 e. The van der Waals surface area contributed by atoms with Crippen molar-refractivity contribution in [2.24, 2.45) is 0 Å². The van der Waals surface area contributed by atoms with Crippen LogP contribution >= 0.6 is 0 Å². The number of hydrogen-bond donors (Lipinski definition) is 2. The van der Waals surface area contributed by atoms with E-state index in [9.17, 15) is 9.59 Å². The predicted molar refractivity (Wildman–Crippen MR) is 95.1 cm³/mol. The van der Waals surface area contributed by atoms with Gasteiger partial charge in [-0.05, 0) is 35.0 Å². The van der Waals surface area contributed by atoms with Crippen LogP contribution in [0.5, 0.6) is 0 Å². The van der Waals surface area contributed by atoms with E-state index in [-0.39, 0.29) is 12.8 Å². The molecule has 0 aliphatic carbocycles. The summed E-state index contributed by atoms with van der Waals surface area (Å²) in [6.45, 7) is 0. The van der Waals surface area contributed by atoms with Gasteiger partial charge < -0.3 is 14.7 Å². The van der Waals surface area contributed by atoms with Crippen molar-refractivity contribution in [2.45, 2.75) is 12.8 Å². The molecule has 0 aliphatic rings. The molecule has 124 valence electrons. The van der Waals surface area contributed by atoms with Crippen LogP contribution < -0.4 is 0 Å². The average molecular weight is 332 g/mol. The van der Waals surface area contributed by atoms with Crippen molar-refractivity contribution in [3.8, 4) is 0 Å². The van der Waals surface area contributed by atoms with Gasteiger partial charge in [-0.25, -0.2) is 0 Å². The number of para-hydroxylation sites is 2. The molecule has 0 saturated heterocycles. The molecular weight excluding hydrogens is 316 g/mol. The maximum absolute atomic E-state index is 12.0. The summed E-state index contributed by atoms with van der Waals surface area (Å²) in [5, 5.41) is 2.05. The van der Waals surface area contributed by atoms with Gasteiger partial charge in [-0.3, -0.25) is 9.59 Å². The molecule has 0 atom stereocenters. The Morgan fingerprint density at radius 1 is 0.720 bits per heavy atom. The fourth-order valence-corrected chi connectivity index (χ4v) is 2.97. The van der Waals surface area contributed by atoms with E-state index in [0.29, 0.717) is 0 Å². The van der Waals surface area contributed by atoms with Gasteiger partial charge >= 0.3 is 11.9 Å². The molecule has 0 aliphatic heterocycles. The molecule has 4 aromatic rings. The standard InChI is InChI=1S/C20H16N2O3/c23-19(11-15-9-13-5-1-3-7-17(13)21-15)25-20(24)12-16-10-14-6-2-4-8-18(14)22-16/h1-10,21-22H,11-12H2. The van der Waals surface area contributed by atoms with Crippen LogP contribution in [0.25, 0.3) is 21.8 Å². The number of aromatic amines is 2. The summed E-state index contributed by atoms with van der Waals surface area (Å²) in [6.07, 6.45) is 0.0697. The van der Waals surface area contributed by atoms with Crippen molar-refractivity contribution in [1.29, 1.82) is 0 Å². The number of carbonyl (C=O) groups excluding carboxylic acids is 2. The Morgan fingerprint density at radius 2 is 1.16 bits per heavy atom. The summed E-state index contributed by atoms with van der Waals surface area (Å²) in [4.78, 5) is 30.3. The van der Waals surface area contributed by atoms with E-state index in [0.717, 1.165) is 33.2 Å². The number of rotatable bonds is 4. The molecule has 2 aromatic heterocycles. The SMILES string of the molecule is O=C(Cc1cc2ccccc2[nH]1)OC(=O)Cc1cc2ccccc2[nH]1. The number of esters is 2. The van der Waals surface area contributed by atoms with Gasteiger partial charge in [0.15, 0.2) is 0 Å². The summed E-state index contributed by atoms with van der Waals surface area (Å²) in [7, 11) is 0. The Bertz CT molecular complexity index is 923.